The number of aliphatic hydroxyl groups is 1. The van der Waals surface area contributed by atoms with E-state index in [1.54, 1.807) is 12.1 Å². The predicted octanol–water partition coefficient (Wildman–Crippen LogP) is 2.93. The van der Waals surface area contributed by atoms with Crippen molar-refractivity contribution >= 4 is 21.9 Å². The summed E-state index contributed by atoms with van der Waals surface area (Å²) in [5.74, 6) is -0.359. The number of halogens is 1. The van der Waals surface area contributed by atoms with E-state index in [4.69, 9.17) is 4.74 Å². The minimum absolute atomic E-state index is 0.0235. The number of hydrogen-bond donors (Lipinski definition) is 2. The van der Waals surface area contributed by atoms with Gasteiger partial charge in [0.05, 0.1) is 19.3 Å². The molecule has 0 aliphatic heterocycles. The van der Waals surface area contributed by atoms with E-state index in [2.05, 4.69) is 21.2 Å². The molecule has 4 nitrogen and oxygen atoms in total. The van der Waals surface area contributed by atoms with E-state index in [9.17, 15) is 9.90 Å². The van der Waals surface area contributed by atoms with Gasteiger partial charge in [-0.05, 0) is 29.7 Å². The van der Waals surface area contributed by atoms with Crippen molar-refractivity contribution in [2.75, 3.05) is 13.7 Å². The number of ether oxygens (including phenoxy) is 1. The first kappa shape index (κ1) is 17.7. The molecule has 5 heteroatoms. The fourth-order valence-electron chi connectivity index (χ4n) is 2.29. The number of carbonyl (C=O) groups is 1. The number of benzene rings is 2. The molecule has 2 N–H and O–H groups in total. The van der Waals surface area contributed by atoms with Crippen molar-refractivity contribution < 1.29 is 14.6 Å². The van der Waals surface area contributed by atoms with Gasteiger partial charge in [0.1, 0.15) is 0 Å². The highest BCUT2D eigenvalue weighted by molar-refractivity contribution is 9.10. The Morgan fingerprint density at radius 3 is 2.61 bits per heavy atom. The van der Waals surface area contributed by atoms with Crippen LogP contribution in [0.5, 0.6) is 0 Å². The van der Waals surface area contributed by atoms with Crippen LogP contribution in [-0.4, -0.2) is 30.8 Å². The van der Waals surface area contributed by atoms with Crippen LogP contribution in [0.2, 0.25) is 0 Å². The van der Waals surface area contributed by atoms with E-state index in [0.717, 1.165) is 16.5 Å². The monoisotopic (exact) mass is 377 g/mol. The topological polar surface area (TPSA) is 58.6 Å². The average Bonchev–Trinajstić information content (AvgIpc) is 2.59. The van der Waals surface area contributed by atoms with Crippen LogP contribution in [0.3, 0.4) is 0 Å². The molecule has 1 unspecified atom stereocenters. The molecule has 1 atom stereocenters. The maximum Gasteiger partial charge on any atom is 0.337 e. The lowest BCUT2D eigenvalue weighted by Crippen LogP contribution is -2.34. The van der Waals surface area contributed by atoms with Crippen LogP contribution < -0.4 is 5.32 Å². The summed E-state index contributed by atoms with van der Waals surface area (Å²) in [6.45, 7) is 0.660. The second kappa shape index (κ2) is 8.82. The molecular weight excluding hydrogens is 358 g/mol. The van der Waals surface area contributed by atoms with Gasteiger partial charge in [-0.25, -0.2) is 4.79 Å². The standard InChI is InChI=1S/C18H20BrNO3/c1-23-18(22)14-7-8-15(17(19)10-14)11-20-16(12-21)9-13-5-3-2-4-6-13/h2-8,10,16,20-21H,9,11-12H2,1H3. The predicted molar refractivity (Wildman–Crippen MR) is 93.3 cm³/mol. The highest BCUT2D eigenvalue weighted by Gasteiger charge is 2.11. The third-order valence-electron chi connectivity index (χ3n) is 3.60. The van der Waals surface area contributed by atoms with Crippen LogP contribution in [0, 0.1) is 0 Å². The van der Waals surface area contributed by atoms with Crippen LogP contribution in [0.4, 0.5) is 0 Å². The first-order chi connectivity index (χ1) is 11.1. The van der Waals surface area contributed by atoms with E-state index in [0.29, 0.717) is 12.1 Å². The summed E-state index contributed by atoms with van der Waals surface area (Å²) < 4.78 is 5.54. The number of esters is 1. The minimum Gasteiger partial charge on any atom is -0.465 e. The fraction of sp³-hybridized carbons (Fsp3) is 0.278. The zero-order chi connectivity index (χ0) is 16.7. The molecule has 0 spiro atoms. The van der Waals surface area contributed by atoms with Gasteiger partial charge in [-0.2, -0.15) is 0 Å². The van der Waals surface area contributed by atoms with Gasteiger partial charge in [0, 0.05) is 17.1 Å². The molecule has 0 heterocycles. The zero-order valence-electron chi connectivity index (χ0n) is 13.0. The van der Waals surface area contributed by atoms with Crippen LogP contribution in [0.25, 0.3) is 0 Å². The Kier molecular flexibility index (Phi) is 6.77. The number of carbonyl (C=O) groups excluding carboxylic acids is 1. The number of methoxy groups -OCH3 is 1. The van der Waals surface area contributed by atoms with Gasteiger partial charge in [-0.3, -0.25) is 0 Å². The van der Waals surface area contributed by atoms with Gasteiger partial charge in [-0.1, -0.05) is 52.3 Å². The van der Waals surface area contributed by atoms with Gasteiger partial charge in [0.15, 0.2) is 0 Å². The third kappa shape index (κ3) is 5.16. The van der Waals surface area contributed by atoms with Crippen molar-refractivity contribution in [3.8, 4) is 0 Å². The highest BCUT2D eigenvalue weighted by Crippen LogP contribution is 2.19. The third-order valence-corrected chi connectivity index (χ3v) is 4.34. The smallest absolute Gasteiger partial charge is 0.337 e. The Morgan fingerprint density at radius 1 is 1.26 bits per heavy atom. The summed E-state index contributed by atoms with van der Waals surface area (Å²) >= 11 is 3.47. The molecule has 2 aromatic rings. The van der Waals surface area contributed by atoms with Crippen molar-refractivity contribution in [2.24, 2.45) is 0 Å². The number of rotatable bonds is 7. The Balaban J connectivity index is 1.97. The Labute approximate surface area is 144 Å². The van der Waals surface area contributed by atoms with Gasteiger partial charge in [0.2, 0.25) is 0 Å². The second-order valence-electron chi connectivity index (χ2n) is 5.25. The average molecular weight is 378 g/mol. The van der Waals surface area contributed by atoms with Crippen molar-refractivity contribution in [3.05, 3.63) is 69.7 Å². The van der Waals surface area contributed by atoms with Crippen molar-refractivity contribution in [1.29, 1.82) is 0 Å². The molecule has 0 radical (unpaired) electrons. The fourth-order valence-corrected chi connectivity index (χ4v) is 2.81. The molecule has 0 fully saturated rings. The quantitative estimate of drug-likeness (QED) is 0.728. The first-order valence-electron chi connectivity index (χ1n) is 7.39. The second-order valence-corrected chi connectivity index (χ2v) is 6.10. The van der Waals surface area contributed by atoms with E-state index < -0.39 is 0 Å². The van der Waals surface area contributed by atoms with E-state index >= 15 is 0 Å². The molecule has 2 aromatic carbocycles. The molecule has 0 aliphatic carbocycles. The molecular formula is C18H20BrNO3. The lowest BCUT2D eigenvalue weighted by Gasteiger charge is -2.17. The summed E-state index contributed by atoms with van der Waals surface area (Å²) in [4.78, 5) is 11.5. The SMILES string of the molecule is COC(=O)c1ccc(CNC(CO)Cc2ccccc2)c(Br)c1. The number of hydrogen-bond acceptors (Lipinski definition) is 4. The maximum absolute atomic E-state index is 11.5. The van der Waals surface area contributed by atoms with Crippen molar-refractivity contribution in [1.82, 2.24) is 5.32 Å². The highest BCUT2D eigenvalue weighted by atomic mass is 79.9. The molecule has 0 saturated carbocycles. The molecule has 2 rings (SSSR count). The molecule has 0 aromatic heterocycles. The van der Waals surface area contributed by atoms with Crippen LogP contribution in [0.15, 0.2) is 53.0 Å². The Morgan fingerprint density at radius 2 is 2.00 bits per heavy atom. The van der Waals surface area contributed by atoms with Crippen LogP contribution in [0.1, 0.15) is 21.5 Å². The van der Waals surface area contributed by atoms with Crippen LogP contribution >= 0.6 is 15.9 Å². The molecule has 23 heavy (non-hydrogen) atoms. The Hall–Kier alpha value is -1.69. The summed E-state index contributed by atoms with van der Waals surface area (Å²) in [6.07, 6.45) is 0.759. The van der Waals surface area contributed by atoms with Gasteiger partial charge in [-0.15, -0.1) is 0 Å². The first-order valence-corrected chi connectivity index (χ1v) is 8.18. The summed E-state index contributed by atoms with van der Waals surface area (Å²) in [5, 5.41) is 12.9. The van der Waals surface area contributed by atoms with Gasteiger partial charge >= 0.3 is 5.97 Å². The van der Waals surface area contributed by atoms with Crippen LogP contribution in [-0.2, 0) is 17.7 Å². The van der Waals surface area contributed by atoms with E-state index in [1.165, 1.54) is 12.7 Å². The molecule has 0 saturated heterocycles. The molecule has 0 amide bonds. The van der Waals surface area contributed by atoms with Crippen molar-refractivity contribution in [2.45, 2.75) is 19.0 Å². The molecule has 122 valence electrons. The number of aliphatic hydroxyl groups excluding tert-OH is 1. The summed E-state index contributed by atoms with van der Waals surface area (Å²) in [6, 6.07) is 15.4. The Bertz CT molecular complexity index is 646. The van der Waals surface area contributed by atoms with E-state index in [-0.39, 0.29) is 18.6 Å². The summed E-state index contributed by atoms with van der Waals surface area (Å²) in [7, 11) is 1.36. The molecule has 0 bridgehead atoms. The van der Waals surface area contributed by atoms with Gasteiger partial charge < -0.3 is 15.2 Å². The largest absolute Gasteiger partial charge is 0.465 e. The normalized spacial score (nSPS) is 12.0. The van der Waals surface area contributed by atoms with E-state index in [1.807, 2.05) is 36.4 Å². The lowest BCUT2D eigenvalue weighted by atomic mass is 10.1. The zero-order valence-corrected chi connectivity index (χ0v) is 14.5. The number of nitrogens with one attached hydrogen (secondary N) is 1. The van der Waals surface area contributed by atoms with Crippen molar-refractivity contribution in [3.63, 3.8) is 0 Å². The maximum atomic E-state index is 11.5. The summed E-state index contributed by atoms with van der Waals surface area (Å²) in [5.41, 5.74) is 2.70. The lowest BCUT2D eigenvalue weighted by molar-refractivity contribution is 0.0600. The minimum atomic E-state index is -0.359. The van der Waals surface area contributed by atoms with Gasteiger partial charge in [0.25, 0.3) is 0 Å². The molecule has 0 aliphatic rings.